The van der Waals surface area contributed by atoms with Gasteiger partial charge in [0.1, 0.15) is 11.3 Å². The lowest BCUT2D eigenvalue weighted by Crippen LogP contribution is -2.75. The van der Waals surface area contributed by atoms with Crippen molar-refractivity contribution in [3.63, 3.8) is 0 Å². The molecule has 0 aromatic heterocycles. The summed E-state index contributed by atoms with van der Waals surface area (Å²) in [5.74, 6) is 0.838. The standard InChI is InChI=1S/C19H30N2O3/c1-5-23-16-14-19(20,18(16,2)3)17(22)21(4)12-9-13-24-15-10-7-6-8-11-15/h6-8,10-11,16H,5,9,12-14,20H2,1-4H3. The zero-order chi connectivity index (χ0) is 17.8. The molecule has 1 aromatic rings. The Hall–Kier alpha value is -1.59. The summed E-state index contributed by atoms with van der Waals surface area (Å²) in [6.45, 7) is 7.84. The first-order valence-corrected chi connectivity index (χ1v) is 8.67. The largest absolute Gasteiger partial charge is 0.494 e. The third-order valence-electron chi connectivity index (χ3n) is 5.21. The van der Waals surface area contributed by atoms with Crippen LogP contribution in [0.5, 0.6) is 5.75 Å². The van der Waals surface area contributed by atoms with Gasteiger partial charge in [0.2, 0.25) is 5.91 Å². The highest BCUT2D eigenvalue weighted by Gasteiger charge is 2.63. The van der Waals surface area contributed by atoms with Crippen molar-refractivity contribution in [2.24, 2.45) is 11.1 Å². The van der Waals surface area contributed by atoms with Crippen LogP contribution in [-0.2, 0) is 9.53 Å². The number of likely N-dealkylation sites (N-methyl/N-ethyl adjacent to an activating group) is 1. The van der Waals surface area contributed by atoms with Gasteiger partial charge in [-0.05, 0) is 25.5 Å². The molecular formula is C19H30N2O3. The maximum atomic E-state index is 12.8. The molecule has 0 radical (unpaired) electrons. The second-order valence-corrected chi connectivity index (χ2v) is 7.08. The molecule has 5 heteroatoms. The molecule has 0 saturated heterocycles. The Morgan fingerprint density at radius 3 is 2.58 bits per heavy atom. The minimum absolute atomic E-state index is 0.0110. The number of amides is 1. The molecule has 1 aliphatic rings. The lowest BCUT2D eigenvalue weighted by atomic mass is 9.54. The number of ether oxygens (including phenoxy) is 2. The van der Waals surface area contributed by atoms with Crippen molar-refractivity contribution in [2.75, 3.05) is 26.8 Å². The Balaban J connectivity index is 1.80. The van der Waals surface area contributed by atoms with Gasteiger partial charge in [-0.3, -0.25) is 4.79 Å². The van der Waals surface area contributed by atoms with Crippen LogP contribution in [0.2, 0.25) is 0 Å². The minimum atomic E-state index is -0.845. The number of para-hydroxylation sites is 1. The third kappa shape index (κ3) is 3.57. The molecule has 0 aliphatic heterocycles. The van der Waals surface area contributed by atoms with Crippen molar-refractivity contribution in [1.29, 1.82) is 0 Å². The number of nitrogens with zero attached hydrogens (tertiary/aromatic N) is 1. The fraction of sp³-hybridized carbons (Fsp3) is 0.632. The van der Waals surface area contributed by atoms with E-state index in [-0.39, 0.29) is 17.4 Å². The number of nitrogens with two attached hydrogens (primary N) is 1. The summed E-state index contributed by atoms with van der Waals surface area (Å²) in [6, 6.07) is 9.69. The van der Waals surface area contributed by atoms with Gasteiger partial charge in [-0.15, -0.1) is 0 Å². The van der Waals surface area contributed by atoms with Crippen LogP contribution >= 0.6 is 0 Å². The number of carbonyl (C=O) groups excluding carboxylic acids is 1. The molecule has 1 amide bonds. The molecule has 0 bridgehead atoms. The molecule has 0 spiro atoms. The Labute approximate surface area is 145 Å². The van der Waals surface area contributed by atoms with Gasteiger partial charge < -0.3 is 20.1 Å². The van der Waals surface area contributed by atoms with Gasteiger partial charge in [-0.2, -0.15) is 0 Å². The lowest BCUT2D eigenvalue weighted by molar-refractivity contribution is -0.178. The van der Waals surface area contributed by atoms with Crippen LogP contribution in [0.1, 0.15) is 33.6 Å². The summed E-state index contributed by atoms with van der Waals surface area (Å²) in [5.41, 5.74) is 5.24. The average Bonchev–Trinajstić information content (AvgIpc) is 2.58. The quantitative estimate of drug-likeness (QED) is 0.742. The maximum Gasteiger partial charge on any atom is 0.243 e. The van der Waals surface area contributed by atoms with Gasteiger partial charge in [0.05, 0.1) is 12.7 Å². The van der Waals surface area contributed by atoms with E-state index < -0.39 is 5.54 Å². The van der Waals surface area contributed by atoms with Crippen molar-refractivity contribution < 1.29 is 14.3 Å². The number of rotatable bonds is 8. The molecule has 2 rings (SSSR count). The smallest absolute Gasteiger partial charge is 0.243 e. The van der Waals surface area contributed by atoms with E-state index in [0.29, 0.717) is 26.2 Å². The van der Waals surface area contributed by atoms with Gasteiger partial charge in [0.15, 0.2) is 0 Å². The maximum absolute atomic E-state index is 12.8. The van der Waals surface area contributed by atoms with E-state index in [1.165, 1.54) is 0 Å². The predicted octanol–water partition coefficient (Wildman–Crippen LogP) is 2.45. The molecule has 24 heavy (non-hydrogen) atoms. The van der Waals surface area contributed by atoms with Crippen molar-refractivity contribution in [3.05, 3.63) is 30.3 Å². The van der Waals surface area contributed by atoms with E-state index >= 15 is 0 Å². The molecule has 134 valence electrons. The molecule has 1 aromatic carbocycles. The van der Waals surface area contributed by atoms with E-state index in [9.17, 15) is 4.79 Å². The number of carbonyl (C=O) groups is 1. The SMILES string of the molecule is CCOC1CC(N)(C(=O)N(C)CCCOc2ccccc2)C1(C)C. The van der Waals surface area contributed by atoms with E-state index in [0.717, 1.165) is 12.2 Å². The topological polar surface area (TPSA) is 64.8 Å². The Bertz CT molecular complexity index is 547. The first-order valence-electron chi connectivity index (χ1n) is 8.67. The van der Waals surface area contributed by atoms with Crippen molar-refractivity contribution in [3.8, 4) is 5.75 Å². The second-order valence-electron chi connectivity index (χ2n) is 7.08. The molecule has 5 nitrogen and oxygen atoms in total. The minimum Gasteiger partial charge on any atom is -0.494 e. The van der Waals surface area contributed by atoms with E-state index in [1.807, 2.05) is 58.2 Å². The normalized spacial score (nSPS) is 25.0. The van der Waals surface area contributed by atoms with Crippen LogP contribution in [0, 0.1) is 5.41 Å². The molecule has 1 saturated carbocycles. The van der Waals surface area contributed by atoms with Crippen LogP contribution in [-0.4, -0.2) is 49.3 Å². The highest BCUT2D eigenvalue weighted by atomic mass is 16.5. The number of benzene rings is 1. The van der Waals surface area contributed by atoms with Crippen molar-refractivity contribution in [2.45, 2.75) is 45.3 Å². The van der Waals surface area contributed by atoms with Crippen LogP contribution in [0.15, 0.2) is 30.3 Å². The summed E-state index contributed by atoms with van der Waals surface area (Å²) in [7, 11) is 1.81. The van der Waals surface area contributed by atoms with Gasteiger partial charge in [-0.1, -0.05) is 32.0 Å². The predicted molar refractivity (Wildman–Crippen MR) is 94.9 cm³/mol. The van der Waals surface area contributed by atoms with Gasteiger partial charge in [0, 0.05) is 32.0 Å². The highest BCUT2D eigenvalue weighted by molar-refractivity contribution is 5.88. The summed E-state index contributed by atoms with van der Waals surface area (Å²) in [5, 5.41) is 0. The zero-order valence-corrected chi connectivity index (χ0v) is 15.2. The van der Waals surface area contributed by atoms with E-state index in [4.69, 9.17) is 15.2 Å². The number of hydrogen-bond donors (Lipinski definition) is 1. The van der Waals surface area contributed by atoms with Crippen LogP contribution in [0.4, 0.5) is 0 Å². The first-order chi connectivity index (χ1) is 11.3. The Kier molecular flexibility index (Phi) is 5.88. The van der Waals surface area contributed by atoms with Crippen LogP contribution in [0.25, 0.3) is 0 Å². The molecule has 1 aliphatic carbocycles. The first kappa shape index (κ1) is 18.7. The Morgan fingerprint density at radius 2 is 2.00 bits per heavy atom. The Morgan fingerprint density at radius 1 is 1.33 bits per heavy atom. The monoisotopic (exact) mass is 334 g/mol. The van der Waals surface area contributed by atoms with E-state index in [1.54, 1.807) is 4.90 Å². The molecular weight excluding hydrogens is 304 g/mol. The van der Waals surface area contributed by atoms with E-state index in [2.05, 4.69) is 0 Å². The van der Waals surface area contributed by atoms with Crippen molar-refractivity contribution in [1.82, 2.24) is 4.90 Å². The highest BCUT2D eigenvalue weighted by Crippen LogP contribution is 2.50. The zero-order valence-electron chi connectivity index (χ0n) is 15.2. The van der Waals surface area contributed by atoms with Gasteiger partial charge >= 0.3 is 0 Å². The lowest BCUT2D eigenvalue weighted by Gasteiger charge is -2.58. The fourth-order valence-electron chi connectivity index (χ4n) is 3.25. The molecule has 2 atom stereocenters. The van der Waals surface area contributed by atoms with Gasteiger partial charge in [-0.25, -0.2) is 0 Å². The van der Waals surface area contributed by atoms with Crippen LogP contribution < -0.4 is 10.5 Å². The fourth-order valence-corrected chi connectivity index (χ4v) is 3.25. The molecule has 2 unspecified atom stereocenters. The molecule has 0 heterocycles. The third-order valence-corrected chi connectivity index (χ3v) is 5.21. The molecule has 1 fully saturated rings. The second kappa shape index (κ2) is 7.53. The summed E-state index contributed by atoms with van der Waals surface area (Å²) >= 11 is 0. The number of hydrogen-bond acceptors (Lipinski definition) is 4. The molecule has 2 N–H and O–H groups in total. The van der Waals surface area contributed by atoms with Gasteiger partial charge in [0.25, 0.3) is 0 Å². The summed E-state index contributed by atoms with van der Waals surface area (Å²) in [4.78, 5) is 14.5. The average molecular weight is 334 g/mol. The summed E-state index contributed by atoms with van der Waals surface area (Å²) in [6.07, 6.45) is 1.39. The summed E-state index contributed by atoms with van der Waals surface area (Å²) < 4.78 is 11.4. The van der Waals surface area contributed by atoms with Crippen LogP contribution in [0.3, 0.4) is 0 Å². The van der Waals surface area contributed by atoms with Crippen molar-refractivity contribution >= 4 is 5.91 Å².